The number of aromatic nitrogens is 1. The zero-order chi connectivity index (χ0) is 31.6. The Balaban J connectivity index is 1.28. The molecule has 2 amide bonds. The molecule has 3 aliphatic heterocycles. The summed E-state index contributed by atoms with van der Waals surface area (Å²) >= 11 is 0. The summed E-state index contributed by atoms with van der Waals surface area (Å²) in [6.45, 7) is 0.909. The molecule has 4 bridgehead atoms. The number of nitrogens with zero attached hydrogens (tertiary/aromatic N) is 2. The molecule has 2 saturated heterocycles. The summed E-state index contributed by atoms with van der Waals surface area (Å²) in [6.07, 6.45) is -0.624. The van der Waals surface area contributed by atoms with Crippen LogP contribution in [0.4, 0.5) is 13.2 Å². The van der Waals surface area contributed by atoms with Gasteiger partial charge in [0.15, 0.2) is 0 Å². The van der Waals surface area contributed by atoms with E-state index in [1.165, 1.54) is 12.1 Å². The van der Waals surface area contributed by atoms with Crippen molar-refractivity contribution in [3.8, 4) is 16.9 Å². The number of carbonyl (C=O) groups is 2. The summed E-state index contributed by atoms with van der Waals surface area (Å²) in [4.78, 5) is 33.1. The van der Waals surface area contributed by atoms with Crippen LogP contribution >= 0.6 is 0 Å². The van der Waals surface area contributed by atoms with Crippen molar-refractivity contribution in [2.24, 2.45) is 0 Å². The van der Waals surface area contributed by atoms with Gasteiger partial charge >= 0.3 is 6.18 Å². The fourth-order valence-electron chi connectivity index (χ4n) is 6.27. The van der Waals surface area contributed by atoms with Gasteiger partial charge in [-0.25, -0.2) is 0 Å². The number of carbonyl (C=O) groups excluding carboxylic acids is 2. The molecule has 0 saturated carbocycles. The first kappa shape index (κ1) is 31.0. The van der Waals surface area contributed by atoms with E-state index in [9.17, 15) is 27.9 Å². The molecular formula is C33H35F3N4O5. The number of hydrogen-bond donors (Lipinski definition) is 3. The average molecular weight is 625 g/mol. The van der Waals surface area contributed by atoms with Crippen molar-refractivity contribution in [3.63, 3.8) is 0 Å². The van der Waals surface area contributed by atoms with Crippen LogP contribution in [-0.2, 0) is 22.3 Å². The third-order valence-electron chi connectivity index (χ3n) is 8.70. The number of aliphatic hydroxyl groups is 1. The zero-order valence-electron chi connectivity index (χ0n) is 24.5. The molecule has 0 unspecified atom stereocenters. The predicted molar refractivity (Wildman–Crippen MR) is 158 cm³/mol. The van der Waals surface area contributed by atoms with Gasteiger partial charge in [-0.3, -0.25) is 19.5 Å². The van der Waals surface area contributed by atoms with E-state index in [1.807, 2.05) is 29.2 Å². The number of hydrogen-bond acceptors (Lipinski definition) is 7. The lowest BCUT2D eigenvalue weighted by molar-refractivity contribution is -0.137. The zero-order valence-corrected chi connectivity index (χ0v) is 24.5. The number of ether oxygens (including phenoxy) is 2. The van der Waals surface area contributed by atoms with Gasteiger partial charge in [-0.1, -0.05) is 18.2 Å². The Morgan fingerprint density at radius 3 is 2.51 bits per heavy atom. The number of amides is 2. The second-order valence-corrected chi connectivity index (χ2v) is 11.8. The van der Waals surface area contributed by atoms with E-state index in [0.717, 1.165) is 23.3 Å². The number of aliphatic hydroxyl groups excluding tert-OH is 1. The van der Waals surface area contributed by atoms with Gasteiger partial charge in [0.2, 0.25) is 5.91 Å². The van der Waals surface area contributed by atoms with Gasteiger partial charge < -0.3 is 25.2 Å². The summed E-state index contributed by atoms with van der Waals surface area (Å²) in [6, 6.07) is 12.9. The molecule has 12 heteroatoms. The van der Waals surface area contributed by atoms with E-state index < -0.39 is 36.0 Å². The minimum atomic E-state index is -4.45. The van der Waals surface area contributed by atoms with E-state index >= 15 is 0 Å². The van der Waals surface area contributed by atoms with Gasteiger partial charge in [0, 0.05) is 44.5 Å². The lowest BCUT2D eigenvalue weighted by atomic mass is 9.99. The molecule has 9 nitrogen and oxygen atoms in total. The highest BCUT2D eigenvalue weighted by Gasteiger charge is 2.39. The van der Waals surface area contributed by atoms with Crippen molar-refractivity contribution in [3.05, 3.63) is 83.7 Å². The first-order valence-corrected chi connectivity index (χ1v) is 15.1. The van der Waals surface area contributed by atoms with Crippen LogP contribution in [0.25, 0.3) is 11.1 Å². The summed E-state index contributed by atoms with van der Waals surface area (Å²) in [5.41, 5.74) is 1.98. The van der Waals surface area contributed by atoms with Gasteiger partial charge in [0.25, 0.3) is 5.91 Å². The minimum absolute atomic E-state index is 0.108. The van der Waals surface area contributed by atoms with Crippen LogP contribution in [0.5, 0.6) is 5.75 Å². The maximum absolute atomic E-state index is 13.6. The highest BCUT2D eigenvalue weighted by Crippen LogP contribution is 2.31. The van der Waals surface area contributed by atoms with Crippen LogP contribution in [0, 0.1) is 0 Å². The molecule has 3 aliphatic rings. The molecule has 45 heavy (non-hydrogen) atoms. The summed E-state index contributed by atoms with van der Waals surface area (Å²) < 4.78 is 51.7. The minimum Gasteiger partial charge on any atom is -0.493 e. The molecule has 1 aromatic heterocycles. The number of nitrogens with one attached hydrogen (secondary N) is 2. The lowest BCUT2D eigenvalue weighted by Gasteiger charge is -2.34. The molecule has 2 fully saturated rings. The summed E-state index contributed by atoms with van der Waals surface area (Å²) in [5.74, 6) is -0.236. The number of rotatable bonds is 3. The second kappa shape index (κ2) is 13.2. The molecule has 5 atom stereocenters. The number of benzene rings is 2. The van der Waals surface area contributed by atoms with Crippen LogP contribution < -0.4 is 15.4 Å². The van der Waals surface area contributed by atoms with Crippen LogP contribution in [0.15, 0.2) is 67.0 Å². The third kappa shape index (κ3) is 7.29. The maximum atomic E-state index is 13.6. The van der Waals surface area contributed by atoms with Crippen molar-refractivity contribution < 1.29 is 37.3 Å². The van der Waals surface area contributed by atoms with Gasteiger partial charge in [-0.15, -0.1) is 0 Å². The molecule has 238 valence electrons. The molecule has 4 heterocycles. The largest absolute Gasteiger partial charge is 0.493 e. The molecule has 3 aromatic rings. The van der Waals surface area contributed by atoms with Gasteiger partial charge in [-0.05, 0) is 72.4 Å². The average Bonchev–Trinajstić information content (AvgIpc) is 3.42. The SMILES string of the molecule is O=C1N[C@H]2C[C@@H](C(=O)NC[C@H]3O[C@H](CCOc4cc(-c5ccncc5)ccc41)CC[C@@H]3O)N(Cc1ccc(C(F)(F)F)cc1)C2. The van der Waals surface area contributed by atoms with Crippen LogP contribution in [0.2, 0.25) is 0 Å². The quantitative estimate of drug-likeness (QED) is 0.405. The fraction of sp³-hybridized carbons (Fsp3) is 0.424. The van der Waals surface area contributed by atoms with E-state index in [-0.39, 0.29) is 37.6 Å². The summed E-state index contributed by atoms with van der Waals surface area (Å²) in [5, 5.41) is 16.6. The number of halogens is 3. The van der Waals surface area contributed by atoms with Crippen LogP contribution in [0.3, 0.4) is 0 Å². The van der Waals surface area contributed by atoms with Crippen molar-refractivity contribution in [1.29, 1.82) is 0 Å². The second-order valence-electron chi connectivity index (χ2n) is 11.8. The van der Waals surface area contributed by atoms with Crippen molar-refractivity contribution >= 4 is 11.8 Å². The van der Waals surface area contributed by atoms with E-state index in [4.69, 9.17) is 9.47 Å². The number of pyridine rings is 1. The van der Waals surface area contributed by atoms with E-state index in [1.54, 1.807) is 18.5 Å². The predicted octanol–water partition coefficient (Wildman–Crippen LogP) is 3.95. The van der Waals surface area contributed by atoms with E-state index in [0.29, 0.717) is 49.1 Å². The molecule has 6 rings (SSSR count). The molecule has 3 N–H and O–H groups in total. The monoisotopic (exact) mass is 624 g/mol. The number of fused-ring (bicyclic) bond motifs is 5. The Bertz CT molecular complexity index is 1500. The molecule has 0 aliphatic carbocycles. The highest BCUT2D eigenvalue weighted by atomic mass is 19.4. The highest BCUT2D eigenvalue weighted by molar-refractivity contribution is 5.98. The Labute approximate surface area is 258 Å². The molecule has 0 spiro atoms. The molecule has 0 radical (unpaired) electrons. The first-order valence-electron chi connectivity index (χ1n) is 15.1. The van der Waals surface area contributed by atoms with Gasteiger partial charge in [-0.2, -0.15) is 13.2 Å². The normalized spacial score (nSPS) is 26.4. The maximum Gasteiger partial charge on any atom is 0.416 e. The Morgan fingerprint density at radius 1 is 0.978 bits per heavy atom. The lowest BCUT2D eigenvalue weighted by Crippen LogP contribution is -2.50. The Hall–Kier alpha value is -4.00. The molecular weight excluding hydrogens is 589 g/mol. The Morgan fingerprint density at radius 2 is 1.76 bits per heavy atom. The summed E-state index contributed by atoms with van der Waals surface area (Å²) in [7, 11) is 0. The number of likely N-dealkylation sites (tertiary alicyclic amines) is 1. The van der Waals surface area contributed by atoms with Crippen molar-refractivity contribution in [1.82, 2.24) is 20.5 Å². The van der Waals surface area contributed by atoms with E-state index in [2.05, 4.69) is 15.6 Å². The van der Waals surface area contributed by atoms with Crippen LogP contribution in [-0.4, -0.2) is 76.9 Å². The third-order valence-corrected chi connectivity index (χ3v) is 8.70. The van der Waals surface area contributed by atoms with Crippen molar-refractivity contribution in [2.45, 2.75) is 68.8 Å². The van der Waals surface area contributed by atoms with Crippen LogP contribution in [0.1, 0.15) is 47.2 Å². The number of alkyl halides is 3. The molecule has 2 aromatic carbocycles. The van der Waals surface area contributed by atoms with Crippen molar-refractivity contribution in [2.75, 3.05) is 19.7 Å². The smallest absolute Gasteiger partial charge is 0.416 e. The first-order chi connectivity index (χ1) is 21.6. The standard InChI is InChI=1S/C33H35F3N4O5/c34-33(35,36)23-4-1-20(2-5-23)18-40-19-24-16-27(40)32(43)38-17-30-28(41)8-6-25(45-30)11-14-44-29-15-22(21-9-12-37-13-10-21)3-7-26(29)31(42)39-24/h1-5,7,9-10,12-13,15,24-25,27-28,30,41H,6,8,11,14,16-19H2,(H,38,43)(H,39,42)/t24-,25-,27-,28-,30+/m0/s1. The Kier molecular flexibility index (Phi) is 9.06. The van der Waals surface area contributed by atoms with Gasteiger partial charge in [0.1, 0.15) is 11.9 Å². The fourth-order valence-corrected chi connectivity index (χ4v) is 6.27. The van der Waals surface area contributed by atoms with Gasteiger partial charge in [0.05, 0.1) is 36.0 Å². The topological polar surface area (TPSA) is 113 Å².